The number of nitrogens with two attached hydrogens (primary N) is 1. The molecule has 0 heterocycles. The van der Waals surface area contributed by atoms with Gasteiger partial charge in [-0.2, -0.15) is 0 Å². The molecule has 0 saturated heterocycles. The van der Waals surface area contributed by atoms with Gasteiger partial charge in [-0.1, -0.05) is 18.0 Å². The van der Waals surface area contributed by atoms with Crippen molar-refractivity contribution in [3.8, 4) is 0 Å². The third kappa shape index (κ3) is 5.31. The number of nitro groups is 1. The van der Waals surface area contributed by atoms with E-state index in [2.05, 4.69) is 10.3 Å². The highest BCUT2D eigenvalue weighted by Crippen LogP contribution is 2.25. The summed E-state index contributed by atoms with van der Waals surface area (Å²) in [4.78, 5) is 14.4. The standard InChI is InChI=1S/C13H17ClN4O2.HI/c14-12-5-4-11(18(19)20)6-10(12)8-17-13(15)16-7-9-2-1-3-9;/h4-6,9H,1-3,7-8H2,(H3,15,16,17);1H. The number of benzene rings is 1. The van der Waals surface area contributed by atoms with Crippen LogP contribution in [0.15, 0.2) is 23.2 Å². The molecule has 0 aliphatic heterocycles. The molecule has 0 radical (unpaired) electrons. The van der Waals surface area contributed by atoms with Crippen LogP contribution >= 0.6 is 35.6 Å². The largest absolute Gasteiger partial charge is 0.370 e. The van der Waals surface area contributed by atoms with Crippen LogP contribution in [0, 0.1) is 16.0 Å². The molecule has 0 bridgehead atoms. The molecule has 1 aliphatic rings. The molecule has 6 nitrogen and oxygen atoms in total. The Balaban J connectivity index is 0.00000220. The third-order valence-electron chi connectivity index (χ3n) is 3.46. The van der Waals surface area contributed by atoms with Crippen LogP contribution in [0.4, 0.5) is 5.69 Å². The predicted octanol–water partition coefficient (Wildman–Crippen LogP) is 3.07. The van der Waals surface area contributed by atoms with E-state index < -0.39 is 4.92 Å². The zero-order valence-corrected chi connectivity index (χ0v) is 14.5. The van der Waals surface area contributed by atoms with Crippen molar-refractivity contribution in [2.45, 2.75) is 25.8 Å². The summed E-state index contributed by atoms with van der Waals surface area (Å²) in [6.07, 6.45) is 3.75. The number of nitrogens with zero attached hydrogens (tertiary/aromatic N) is 2. The molecule has 0 unspecified atom stereocenters. The van der Waals surface area contributed by atoms with Gasteiger partial charge in [0.05, 0.1) is 11.5 Å². The van der Waals surface area contributed by atoms with Crippen molar-refractivity contribution in [1.29, 1.82) is 0 Å². The van der Waals surface area contributed by atoms with E-state index in [1.54, 1.807) is 0 Å². The molecule has 0 aromatic heterocycles. The Labute approximate surface area is 145 Å². The third-order valence-corrected chi connectivity index (χ3v) is 3.83. The minimum Gasteiger partial charge on any atom is -0.370 e. The average Bonchev–Trinajstić information content (AvgIpc) is 2.35. The molecule has 1 saturated carbocycles. The van der Waals surface area contributed by atoms with Gasteiger partial charge >= 0.3 is 0 Å². The minimum atomic E-state index is -0.457. The van der Waals surface area contributed by atoms with E-state index in [0.29, 0.717) is 22.5 Å². The van der Waals surface area contributed by atoms with Gasteiger partial charge in [0.1, 0.15) is 0 Å². The van der Waals surface area contributed by atoms with E-state index in [0.717, 1.165) is 6.54 Å². The highest BCUT2D eigenvalue weighted by Gasteiger charge is 2.16. The molecule has 1 aromatic carbocycles. The smallest absolute Gasteiger partial charge is 0.269 e. The lowest BCUT2D eigenvalue weighted by molar-refractivity contribution is -0.384. The van der Waals surface area contributed by atoms with Crippen LogP contribution in [0.5, 0.6) is 0 Å². The Morgan fingerprint density at radius 1 is 1.52 bits per heavy atom. The number of guanidine groups is 1. The number of rotatable bonds is 5. The number of halogens is 2. The summed E-state index contributed by atoms with van der Waals surface area (Å²) in [7, 11) is 0. The Morgan fingerprint density at radius 3 is 2.81 bits per heavy atom. The average molecular weight is 425 g/mol. The van der Waals surface area contributed by atoms with Crippen LogP contribution in [0.25, 0.3) is 0 Å². The molecule has 3 N–H and O–H groups in total. The molecule has 2 rings (SSSR count). The topological polar surface area (TPSA) is 93.5 Å². The Kier molecular flexibility index (Phi) is 7.16. The molecular formula is C13H18ClIN4O2. The lowest BCUT2D eigenvalue weighted by atomic mass is 9.85. The molecule has 1 aliphatic carbocycles. The van der Waals surface area contributed by atoms with Crippen molar-refractivity contribution in [2.24, 2.45) is 16.6 Å². The van der Waals surface area contributed by atoms with E-state index in [4.69, 9.17) is 17.3 Å². The molecule has 0 amide bonds. The van der Waals surface area contributed by atoms with Gasteiger partial charge in [-0.15, -0.1) is 24.0 Å². The number of nitrogens with one attached hydrogen (secondary N) is 1. The Morgan fingerprint density at radius 2 is 2.24 bits per heavy atom. The van der Waals surface area contributed by atoms with Crippen molar-refractivity contribution >= 4 is 47.2 Å². The fourth-order valence-electron chi connectivity index (χ4n) is 1.97. The first-order chi connectivity index (χ1) is 9.56. The molecule has 21 heavy (non-hydrogen) atoms. The van der Waals surface area contributed by atoms with E-state index in [1.165, 1.54) is 37.5 Å². The fourth-order valence-corrected chi connectivity index (χ4v) is 2.15. The fraction of sp³-hybridized carbons (Fsp3) is 0.462. The van der Waals surface area contributed by atoms with Gasteiger partial charge in [0, 0.05) is 23.7 Å². The van der Waals surface area contributed by atoms with E-state index in [-0.39, 0.29) is 36.2 Å². The van der Waals surface area contributed by atoms with Gasteiger partial charge in [-0.3, -0.25) is 10.1 Å². The summed E-state index contributed by atoms with van der Waals surface area (Å²) >= 11 is 5.99. The van der Waals surface area contributed by atoms with Crippen molar-refractivity contribution in [3.05, 3.63) is 38.9 Å². The quantitative estimate of drug-likeness (QED) is 0.250. The first kappa shape index (κ1) is 18.0. The van der Waals surface area contributed by atoms with Gasteiger partial charge in [0.15, 0.2) is 5.96 Å². The van der Waals surface area contributed by atoms with Gasteiger partial charge in [-0.25, -0.2) is 4.99 Å². The van der Waals surface area contributed by atoms with E-state index in [1.807, 2.05) is 0 Å². The van der Waals surface area contributed by atoms with Crippen molar-refractivity contribution in [2.75, 3.05) is 6.54 Å². The number of nitro benzene ring substituents is 1. The summed E-state index contributed by atoms with van der Waals surface area (Å²) in [6, 6.07) is 4.29. The van der Waals surface area contributed by atoms with Crippen molar-refractivity contribution in [1.82, 2.24) is 5.32 Å². The maximum absolute atomic E-state index is 10.7. The van der Waals surface area contributed by atoms with E-state index in [9.17, 15) is 10.1 Å². The van der Waals surface area contributed by atoms with Crippen LogP contribution in [-0.4, -0.2) is 17.4 Å². The van der Waals surface area contributed by atoms with Gasteiger partial charge in [0.25, 0.3) is 5.69 Å². The van der Waals surface area contributed by atoms with Crippen molar-refractivity contribution in [3.63, 3.8) is 0 Å². The van der Waals surface area contributed by atoms with Crippen LogP contribution in [0.2, 0.25) is 5.02 Å². The summed E-state index contributed by atoms with van der Waals surface area (Å²) in [5.41, 5.74) is 6.35. The Hall–Kier alpha value is -1.09. The SMILES string of the molecule is I.NC(=NCc1cc([N+](=O)[O-])ccc1Cl)NCC1CCC1. The van der Waals surface area contributed by atoms with Crippen LogP contribution in [-0.2, 0) is 6.54 Å². The van der Waals surface area contributed by atoms with Crippen LogP contribution < -0.4 is 11.1 Å². The maximum atomic E-state index is 10.7. The van der Waals surface area contributed by atoms with Gasteiger partial charge < -0.3 is 11.1 Å². The summed E-state index contributed by atoms with van der Waals surface area (Å²) < 4.78 is 0. The molecule has 1 aromatic rings. The molecule has 1 fully saturated rings. The maximum Gasteiger partial charge on any atom is 0.269 e. The summed E-state index contributed by atoms with van der Waals surface area (Å²) in [5.74, 6) is 1.03. The first-order valence-corrected chi connectivity index (χ1v) is 6.90. The van der Waals surface area contributed by atoms with Gasteiger partial charge in [0.2, 0.25) is 0 Å². The molecular weight excluding hydrogens is 407 g/mol. The number of non-ortho nitro benzene ring substituents is 1. The second-order valence-corrected chi connectivity index (χ2v) is 5.32. The van der Waals surface area contributed by atoms with Gasteiger partial charge in [-0.05, 0) is 30.4 Å². The number of aliphatic imine (C=N–C) groups is 1. The second kappa shape index (κ2) is 8.38. The number of hydrogen-bond acceptors (Lipinski definition) is 3. The normalized spacial score (nSPS) is 15.0. The zero-order valence-electron chi connectivity index (χ0n) is 11.4. The summed E-state index contributed by atoms with van der Waals surface area (Å²) in [5, 5.41) is 14.2. The highest BCUT2D eigenvalue weighted by atomic mass is 127. The van der Waals surface area contributed by atoms with E-state index >= 15 is 0 Å². The Bertz CT molecular complexity index is 535. The zero-order chi connectivity index (χ0) is 14.5. The lowest BCUT2D eigenvalue weighted by Gasteiger charge is -2.25. The lowest BCUT2D eigenvalue weighted by Crippen LogP contribution is -2.37. The summed E-state index contributed by atoms with van der Waals surface area (Å²) in [6.45, 7) is 1.06. The molecule has 8 heteroatoms. The molecule has 0 spiro atoms. The number of hydrogen-bond donors (Lipinski definition) is 2. The first-order valence-electron chi connectivity index (χ1n) is 6.53. The highest BCUT2D eigenvalue weighted by molar-refractivity contribution is 14.0. The van der Waals surface area contributed by atoms with Crippen LogP contribution in [0.3, 0.4) is 0 Å². The second-order valence-electron chi connectivity index (χ2n) is 4.91. The predicted molar refractivity (Wildman–Crippen MR) is 94.2 cm³/mol. The van der Waals surface area contributed by atoms with Crippen LogP contribution in [0.1, 0.15) is 24.8 Å². The minimum absolute atomic E-state index is 0. The monoisotopic (exact) mass is 424 g/mol. The van der Waals surface area contributed by atoms with Crippen molar-refractivity contribution < 1.29 is 4.92 Å². The molecule has 0 atom stereocenters. The molecule has 116 valence electrons.